The molecule has 0 amide bonds. The minimum absolute atomic E-state index is 0. The van der Waals surface area contributed by atoms with Crippen LogP contribution < -0.4 is 0 Å². The maximum absolute atomic E-state index is 2.39. The Morgan fingerprint density at radius 3 is 1.08 bits per heavy atom. The third-order valence-corrected chi connectivity index (χ3v) is 6.33. The summed E-state index contributed by atoms with van der Waals surface area (Å²) in [7, 11) is -0.194. The molecule has 0 spiro atoms. The Labute approximate surface area is 101 Å². The zero-order chi connectivity index (χ0) is 9.23. The molecule has 0 rings (SSSR count). The van der Waals surface area contributed by atoms with Gasteiger partial charge in [-0.25, -0.2) is 0 Å². The molecule has 2 heteroatoms. The van der Waals surface area contributed by atoms with Crippen molar-refractivity contribution in [2.75, 3.05) is 0 Å². The number of rotatable bonds is 2. The van der Waals surface area contributed by atoms with Gasteiger partial charge in [0, 0.05) is 28.3 Å². The first-order valence-corrected chi connectivity index (χ1v) is 6.29. The molecule has 86 valence electrons. The van der Waals surface area contributed by atoms with E-state index in [-0.39, 0.29) is 35.8 Å². The predicted molar refractivity (Wildman–Crippen MR) is 64.8 cm³/mol. The molecule has 0 radical (unpaired) electrons. The fourth-order valence-corrected chi connectivity index (χ4v) is 7.20. The van der Waals surface area contributed by atoms with Crippen LogP contribution >= 0.6 is 7.92 Å². The van der Waals surface area contributed by atoms with Crippen LogP contribution in [0, 0.1) is 7.43 Å². The van der Waals surface area contributed by atoms with Gasteiger partial charge in [-0.3, -0.25) is 0 Å². The summed E-state index contributed by atoms with van der Waals surface area (Å²) in [4.78, 5) is 0. The van der Waals surface area contributed by atoms with E-state index in [4.69, 9.17) is 0 Å². The van der Waals surface area contributed by atoms with Crippen molar-refractivity contribution >= 4 is 7.92 Å². The summed E-state index contributed by atoms with van der Waals surface area (Å²) >= 11 is 0. The summed E-state index contributed by atoms with van der Waals surface area (Å²) in [6.45, 7) is 16.7. The molecule has 13 heavy (non-hydrogen) atoms. The summed E-state index contributed by atoms with van der Waals surface area (Å²) in [5.41, 5.74) is 1.81. The van der Waals surface area contributed by atoms with Crippen molar-refractivity contribution in [1.29, 1.82) is 0 Å². The average Bonchev–Trinajstić information content (AvgIpc) is 1.54. The van der Waals surface area contributed by atoms with Gasteiger partial charge in [0.2, 0.25) is 0 Å². The molecule has 0 atom stereocenters. The second-order valence-corrected chi connectivity index (χ2v) is 9.73. The zero-order valence-electron chi connectivity index (χ0n) is 10.5. The first-order valence-electron chi connectivity index (χ1n) is 4.64. The van der Waals surface area contributed by atoms with Crippen molar-refractivity contribution in [1.82, 2.24) is 0 Å². The first kappa shape index (κ1) is 19.6. The van der Waals surface area contributed by atoms with Gasteiger partial charge >= 0.3 is 0 Å². The smallest absolute Gasteiger partial charge is 0.0698 e. The summed E-state index contributed by atoms with van der Waals surface area (Å²) in [6.07, 6.45) is 0. The standard InChI is InChI=1S/C10H23P.CH3.Pd/c1-8(2)11(9(3)4)10(5,6)7;;/h8-9H,1-7H3;1H3;/q;-1;/p+1. The van der Waals surface area contributed by atoms with Crippen molar-refractivity contribution < 1.29 is 20.4 Å². The van der Waals surface area contributed by atoms with E-state index in [2.05, 4.69) is 48.5 Å². The average molecular weight is 297 g/mol. The Morgan fingerprint density at radius 1 is 0.846 bits per heavy atom. The molecule has 0 saturated carbocycles. The monoisotopic (exact) mass is 296 g/mol. The number of hydrogen-bond donors (Lipinski definition) is 0. The molecule has 0 saturated heterocycles. The summed E-state index contributed by atoms with van der Waals surface area (Å²) < 4.78 is 0. The minimum atomic E-state index is -0.194. The second kappa shape index (κ2) is 7.39. The van der Waals surface area contributed by atoms with Crippen molar-refractivity contribution in [3.05, 3.63) is 7.43 Å². The Morgan fingerprint density at radius 2 is 1.08 bits per heavy atom. The maximum atomic E-state index is 2.39. The molecule has 0 bridgehead atoms. The van der Waals surface area contributed by atoms with Crippen LogP contribution in [0.15, 0.2) is 0 Å². The van der Waals surface area contributed by atoms with Gasteiger partial charge in [0.25, 0.3) is 0 Å². The zero-order valence-corrected chi connectivity index (χ0v) is 13.0. The molecule has 0 aromatic heterocycles. The van der Waals surface area contributed by atoms with Gasteiger partial charge in [0.1, 0.15) is 0 Å². The largest absolute Gasteiger partial charge is 0.358 e. The topological polar surface area (TPSA) is 0 Å². The third-order valence-electron chi connectivity index (χ3n) is 2.11. The molecule has 0 N–H and O–H groups in total. The van der Waals surface area contributed by atoms with Crippen molar-refractivity contribution in [2.45, 2.75) is 64.9 Å². The van der Waals surface area contributed by atoms with Gasteiger partial charge in [-0.1, -0.05) is 0 Å². The fraction of sp³-hybridized carbons (Fsp3) is 0.909. The van der Waals surface area contributed by atoms with E-state index in [0.717, 1.165) is 11.3 Å². The summed E-state index contributed by atoms with van der Waals surface area (Å²) in [5, 5.41) is 0.562. The first-order chi connectivity index (χ1) is 4.76. The van der Waals surface area contributed by atoms with E-state index >= 15 is 0 Å². The van der Waals surface area contributed by atoms with Crippen LogP contribution in [-0.4, -0.2) is 16.5 Å². The second-order valence-electron chi connectivity index (χ2n) is 5.01. The molecule has 0 nitrogen and oxygen atoms in total. The molecular formula is C11H27PPd. The van der Waals surface area contributed by atoms with Crippen LogP contribution in [0.3, 0.4) is 0 Å². The van der Waals surface area contributed by atoms with E-state index in [1.165, 1.54) is 0 Å². The normalized spacial score (nSPS) is 11.5. The Kier molecular flexibility index (Phi) is 11.2. The molecule has 0 aliphatic carbocycles. The van der Waals surface area contributed by atoms with Crippen LogP contribution in [0.25, 0.3) is 0 Å². The van der Waals surface area contributed by atoms with Crippen molar-refractivity contribution in [3.8, 4) is 0 Å². The van der Waals surface area contributed by atoms with Crippen LogP contribution in [-0.2, 0) is 20.4 Å². The predicted octanol–water partition coefficient (Wildman–Crippen LogP) is 4.26. The van der Waals surface area contributed by atoms with Gasteiger partial charge in [0.05, 0.1) is 16.5 Å². The van der Waals surface area contributed by atoms with Crippen LogP contribution in [0.1, 0.15) is 48.5 Å². The Balaban J connectivity index is -0.000000500. The molecule has 0 aliphatic heterocycles. The van der Waals surface area contributed by atoms with Crippen LogP contribution in [0.5, 0.6) is 0 Å². The van der Waals surface area contributed by atoms with Gasteiger partial charge in [-0.05, 0) is 48.5 Å². The Bertz CT molecular complexity index is 106. The molecule has 0 heterocycles. The van der Waals surface area contributed by atoms with Crippen LogP contribution in [0.2, 0.25) is 0 Å². The SMILES string of the molecule is CC(C)[PH+](C(C)C)C(C)(C)C.[CH3-].[Pd]. The maximum Gasteiger partial charge on any atom is 0.0698 e. The number of hydrogen-bond acceptors (Lipinski definition) is 0. The molecule has 0 aliphatic rings. The summed E-state index contributed by atoms with van der Waals surface area (Å²) in [5.74, 6) is 0. The quantitative estimate of drug-likeness (QED) is 0.406. The summed E-state index contributed by atoms with van der Waals surface area (Å²) in [6, 6.07) is 0. The molecule has 0 aromatic rings. The van der Waals surface area contributed by atoms with Gasteiger partial charge in [-0.15, -0.1) is 0 Å². The van der Waals surface area contributed by atoms with Gasteiger partial charge < -0.3 is 7.43 Å². The molecular weight excluding hydrogens is 270 g/mol. The Hall–Kier alpha value is 1.09. The van der Waals surface area contributed by atoms with Crippen molar-refractivity contribution in [2.24, 2.45) is 0 Å². The molecule has 0 aromatic carbocycles. The van der Waals surface area contributed by atoms with E-state index in [9.17, 15) is 0 Å². The van der Waals surface area contributed by atoms with E-state index in [0.29, 0.717) is 5.16 Å². The minimum Gasteiger partial charge on any atom is -0.358 e. The van der Waals surface area contributed by atoms with E-state index < -0.39 is 0 Å². The van der Waals surface area contributed by atoms with Gasteiger partial charge in [-0.2, -0.15) is 0 Å². The van der Waals surface area contributed by atoms with Gasteiger partial charge in [0.15, 0.2) is 0 Å². The van der Waals surface area contributed by atoms with E-state index in [1.54, 1.807) is 0 Å². The molecule has 0 fully saturated rings. The fourth-order valence-electron chi connectivity index (χ4n) is 2.40. The van der Waals surface area contributed by atoms with Crippen molar-refractivity contribution in [3.63, 3.8) is 0 Å². The van der Waals surface area contributed by atoms with E-state index in [1.807, 2.05) is 0 Å². The molecule has 0 unspecified atom stereocenters. The van der Waals surface area contributed by atoms with Crippen LogP contribution in [0.4, 0.5) is 0 Å². The third kappa shape index (κ3) is 7.07.